The van der Waals surface area contributed by atoms with E-state index in [2.05, 4.69) is 4.72 Å². The predicted molar refractivity (Wildman–Crippen MR) is 76.7 cm³/mol. The molecule has 0 spiro atoms. The molecular formula is C13H16N2O5S. The zero-order chi connectivity index (χ0) is 15.5. The van der Waals surface area contributed by atoms with Gasteiger partial charge in [-0.2, -0.15) is 0 Å². The van der Waals surface area contributed by atoms with Crippen molar-refractivity contribution in [2.24, 2.45) is 0 Å². The van der Waals surface area contributed by atoms with Gasteiger partial charge in [0, 0.05) is 6.07 Å². The standard InChI is InChI=1S/C13H16N2O5S/c1-18-11-7-12(19-2)13(6-10(11)14)21(16,17)15-8-9-4-3-5-20-9/h3-7,15H,8,14H2,1-2H3. The molecule has 0 aliphatic rings. The summed E-state index contributed by atoms with van der Waals surface area (Å²) in [4.78, 5) is -0.0603. The number of anilines is 1. The molecule has 114 valence electrons. The van der Waals surface area contributed by atoms with Crippen LogP contribution in [-0.2, 0) is 16.6 Å². The minimum atomic E-state index is -3.80. The zero-order valence-electron chi connectivity index (χ0n) is 11.6. The summed E-state index contributed by atoms with van der Waals surface area (Å²) in [6, 6.07) is 6.07. The fraction of sp³-hybridized carbons (Fsp3) is 0.231. The Morgan fingerprint density at radius 1 is 1.24 bits per heavy atom. The molecule has 0 saturated heterocycles. The van der Waals surface area contributed by atoms with Gasteiger partial charge in [0.05, 0.1) is 32.7 Å². The Bertz CT molecular complexity index is 710. The van der Waals surface area contributed by atoms with Crippen molar-refractivity contribution < 1.29 is 22.3 Å². The van der Waals surface area contributed by atoms with E-state index in [-0.39, 0.29) is 22.9 Å². The maximum absolute atomic E-state index is 12.3. The van der Waals surface area contributed by atoms with Crippen LogP contribution in [0.3, 0.4) is 0 Å². The lowest BCUT2D eigenvalue weighted by atomic mass is 10.3. The SMILES string of the molecule is COc1cc(OC)c(S(=O)(=O)NCc2ccco2)cc1N. The molecule has 8 heteroatoms. The summed E-state index contributed by atoms with van der Waals surface area (Å²) in [5.41, 5.74) is 5.96. The molecule has 0 radical (unpaired) electrons. The van der Waals surface area contributed by atoms with Gasteiger partial charge < -0.3 is 19.6 Å². The van der Waals surface area contributed by atoms with E-state index in [1.54, 1.807) is 12.1 Å². The number of hydrogen-bond acceptors (Lipinski definition) is 6. The Hall–Kier alpha value is -2.19. The third-order valence-corrected chi connectivity index (χ3v) is 4.24. The van der Waals surface area contributed by atoms with Crippen LogP contribution in [0, 0.1) is 0 Å². The molecule has 0 aliphatic heterocycles. The summed E-state index contributed by atoms with van der Waals surface area (Å²) in [6.07, 6.45) is 1.47. The van der Waals surface area contributed by atoms with Crippen LogP contribution in [0.5, 0.6) is 11.5 Å². The smallest absolute Gasteiger partial charge is 0.244 e. The molecule has 1 aromatic heterocycles. The number of nitrogen functional groups attached to an aromatic ring is 1. The topological polar surface area (TPSA) is 104 Å². The summed E-state index contributed by atoms with van der Waals surface area (Å²) < 4.78 is 42.3. The first-order valence-corrected chi connectivity index (χ1v) is 7.50. The van der Waals surface area contributed by atoms with E-state index >= 15 is 0 Å². The highest BCUT2D eigenvalue weighted by Gasteiger charge is 2.22. The van der Waals surface area contributed by atoms with Crippen molar-refractivity contribution in [1.82, 2.24) is 4.72 Å². The van der Waals surface area contributed by atoms with Crippen molar-refractivity contribution in [3.63, 3.8) is 0 Å². The maximum Gasteiger partial charge on any atom is 0.244 e. The summed E-state index contributed by atoms with van der Waals surface area (Å²) in [5.74, 6) is 0.990. The summed E-state index contributed by atoms with van der Waals surface area (Å²) in [5, 5.41) is 0. The first-order valence-electron chi connectivity index (χ1n) is 6.01. The Labute approximate surface area is 122 Å². The van der Waals surface area contributed by atoms with E-state index in [0.717, 1.165) is 0 Å². The molecule has 0 fully saturated rings. The van der Waals surface area contributed by atoms with E-state index in [9.17, 15) is 8.42 Å². The van der Waals surface area contributed by atoms with Gasteiger partial charge in [-0.3, -0.25) is 0 Å². The van der Waals surface area contributed by atoms with Gasteiger partial charge in [0.25, 0.3) is 0 Å². The van der Waals surface area contributed by atoms with E-state index in [4.69, 9.17) is 19.6 Å². The van der Waals surface area contributed by atoms with Crippen LogP contribution >= 0.6 is 0 Å². The second kappa shape index (κ2) is 6.06. The quantitative estimate of drug-likeness (QED) is 0.780. The van der Waals surface area contributed by atoms with Crippen LogP contribution in [0.4, 0.5) is 5.69 Å². The average molecular weight is 312 g/mol. The second-order valence-corrected chi connectivity index (χ2v) is 5.88. The van der Waals surface area contributed by atoms with Crippen LogP contribution in [0.2, 0.25) is 0 Å². The molecule has 0 aliphatic carbocycles. The van der Waals surface area contributed by atoms with Crippen LogP contribution in [0.25, 0.3) is 0 Å². The van der Waals surface area contributed by atoms with Gasteiger partial charge in [0.1, 0.15) is 22.2 Å². The first-order chi connectivity index (χ1) is 9.97. The monoisotopic (exact) mass is 312 g/mol. The average Bonchev–Trinajstić information content (AvgIpc) is 2.98. The molecule has 0 unspecified atom stereocenters. The molecule has 0 atom stereocenters. The molecule has 0 saturated carbocycles. The van der Waals surface area contributed by atoms with E-state index < -0.39 is 10.0 Å². The molecule has 2 aromatic rings. The molecule has 0 bridgehead atoms. The van der Waals surface area contributed by atoms with Crippen molar-refractivity contribution in [3.05, 3.63) is 36.3 Å². The minimum absolute atomic E-state index is 0.0322. The number of nitrogens with two attached hydrogens (primary N) is 1. The van der Waals surface area contributed by atoms with Crippen molar-refractivity contribution in [3.8, 4) is 11.5 Å². The highest BCUT2D eigenvalue weighted by Crippen LogP contribution is 2.33. The third-order valence-electron chi connectivity index (χ3n) is 2.82. The number of nitrogens with one attached hydrogen (secondary N) is 1. The molecule has 7 nitrogen and oxygen atoms in total. The van der Waals surface area contributed by atoms with Gasteiger partial charge in [-0.15, -0.1) is 0 Å². The van der Waals surface area contributed by atoms with Gasteiger partial charge >= 0.3 is 0 Å². The van der Waals surface area contributed by atoms with Crippen LogP contribution in [0.1, 0.15) is 5.76 Å². The van der Waals surface area contributed by atoms with Crippen molar-refractivity contribution in [2.45, 2.75) is 11.4 Å². The predicted octanol–water partition coefficient (Wildman–Crippen LogP) is 1.36. The number of hydrogen-bond donors (Lipinski definition) is 2. The van der Waals surface area contributed by atoms with Gasteiger partial charge in [0.15, 0.2) is 0 Å². The normalized spacial score (nSPS) is 11.3. The number of sulfonamides is 1. The summed E-state index contributed by atoms with van der Waals surface area (Å²) >= 11 is 0. The fourth-order valence-corrected chi connectivity index (χ4v) is 2.94. The second-order valence-electron chi connectivity index (χ2n) is 4.15. The highest BCUT2D eigenvalue weighted by atomic mass is 32.2. The van der Waals surface area contributed by atoms with Crippen LogP contribution < -0.4 is 19.9 Å². The lowest BCUT2D eigenvalue weighted by Gasteiger charge is -2.13. The lowest BCUT2D eigenvalue weighted by Crippen LogP contribution is -2.23. The summed E-state index contributed by atoms with van der Waals surface area (Å²) in [7, 11) is -0.987. The largest absolute Gasteiger partial charge is 0.495 e. The highest BCUT2D eigenvalue weighted by molar-refractivity contribution is 7.89. The van der Waals surface area contributed by atoms with Crippen molar-refractivity contribution in [2.75, 3.05) is 20.0 Å². The maximum atomic E-state index is 12.3. The number of furan rings is 1. The molecule has 3 N–H and O–H groups in total. The van der Waals surface area contributed by atoms with E-state index in [1.807, 2.05) is 0 Å². The molecule has 2 rings (SSSR count). The third kappa shape index (κ3) is 3.29. The van der Waals surface area contributed by atoms with Crippen LogP contribution in [-0.4, -0.2) is 22.6 Å². The number of methoxy groups -OCH3 is 2. The van der Waals surface area contributed by atoms with Gasteiger partial charge in [-0.1, -0.05) is 0 Å². The Balaban J connectivity index is 2.32. The Kier molecular flexibility index (Phi) is 4.39. The molecule has 21 heavy (non-hydrogen) atoms. The first kappa shape index (κ1) is 15.2. The number of benzene rings is 1. The zero-order valence-corrected chi connectivity index (χ0v) is 12.4. The van der Waals surface area contributed by atoms with Gasteiger partial charge in [-0.05, 0) is 18.2 Å². The number of rotatable bonds is 6. The van der Waals surface area contributed by atoms with Gasteiger partial charge in [-0.25, -0.2) is 13.1 Å². The summed E-state index contributed by atoms with van der Waals surface area (Å²) in [6.45, 7) is 0.0322. The van der Waals surface area contributed by atoms with Crippen molar-refractivity contribution >= 4 is 15.7 Å². The van der Waals surface area contributed by atoms with E-state index in [0.29, 0.717) is 11.5 Å². The molecule has 1 heterocycles. The Morgan fingerprint density at radius 2 is 1.95 bits per heavy atom. The van der Waals surface area contributed by atoms with E-state index in [1.165, 1.54) is 32.6 Å². The fourth-order valence-electron chi connectivity index (χ4n) is 1.76. The molecule has 0 amide bonds. The van der Waals surface area contributed by atoms with Gasteiger partial charge in [0.2, 0.25) is 10.0 Å². The molecule has 1 aromatic carbocycles. The Morgan fingerprint density at radius 3 is 2.52 bits per heavy atom. The van der Waals surface area contributed by atoms with Crippen molar-refractivity contribution in [1.29, 1.82) is 0 Å². The molecular weight excluding hydrogens is 296 g/mol. The van der Waals surface area contributed by atoms with Crippen LogP contribution in [0.15, 0.2) is 39.8 Å². The minimum Gasteiger partial charge on any atom is -0.495 e. The lowest BCUT2D eigenvalue weighted by molar-refractivity contribution is 0.387. The number of ether oxygens (including phenoxy) is 2.